The van der Waals surface area contributed by atoms with Gasteiger partial charge in [-0.3, -0.25) is 101 Å². The van der Waals surface area contributed by atoms with Gasteiger partial charge in [-0.15, -0.1) is 0 Å². The number of carbonyl (C=O) groups excluding carboxylic acids is 12. The van der Waals surface area contributed by atoms with Crippen LogP contribution in [-0.2, 0) is 112 Å². The fourth-order valence-electron chi connectivity index (χ4n) is 15.5. The molecule has 44 heteroatoms. The summed E-state index contributed by atoms with van der Waals surface area (Å²) >= 11 is 3.73. The molecule has 12 amide bonds. The zero-order valence-corrected chi connectivity index (χ0v) is 74.8. The molecule has 0 saturated carbocycles. The monoisotopic (exact) mass is 1850 g/mol. The number of nitrogens with zero attached hydrogens (tertiary/aromatic N) is 5. The van der Waals surface area contributed by atoms with Gasteiger partial charge in [-0.25, -0.2) is 0 Å². The van der Waals surface area contributed by atoms with Gasteiger partial charge in [0.2, 0.25) is 70.9 Å². The number of aromatic amines is 2. The fourth-order valence-corrected chi connectivity index (χ4v) is 18.3. The predicted molar refractivity (Wildman–Crippen MR) is 476 cm³/mol. The van der Waals surface area contributed by atoms with Crippen LogP contribution in [0.3, 0.4) is 0 Å². The van der Waals surface area contributed by atoms with Crippen molar-refractivity contribution in [1.29, 1.82) is 0 Å². The quantitative estimate of drug-likeness (QED) is 0.0376. The van der Waals surface area contributed by atoms with Gasteiger partial charge in [0.15, 0.2) is 0 Å². The van der Waals surface area contributed by atoms with Crippen LogP contribution in [-0.4, -0.2) is 348 Å². The van der Waals surface area contributed by atoms with Gasteiger partial charge in [-0.2, -0.15) is 35.3 Å². The van der Waals surface area contributed by atoms with Crippen LogP contribution in [0.25, 0.3) is 21.8 Å². The Hall–Kier alpha value is -11.4. The van der Waals surface area contributed by atoms with Crippen LogP contribution in [0.15, 0.2) is 79.1 Å². The smallest absolute Gasteiger partial charge is 0.317 e. The van der Waals surface area contributed by atoms with E-state index in [1.165, 1.54) is 42.3 Å². The Bertz CT molecular complexity index is 4830. The Morgan fingerprint density at radius 3 is 1.43 bits per heavy atom. The van der Waals surface area contributed by atoms with E-state index in [2.05, 4.69) is 68.5 Å². The minimum atomic E-state index is -1.95. The zero-order valence-electron chi connectivity index (χ0n) is 72.4. The molecule has 2 fully saturated rings. The molecule has 19 N–H and O–H groups in total. The van der Waals surface area contributed by atoms with Gasteiger partial charge in [0.05, 0.1) is 45.2 Å². The first-order valence-electron chi connectivity index (χ1n) is 42.6. The maximum atomic E-state index is 15.5. The molecule has 0 spiro atoms. The standard InChI is InChI=1S/C85H116N18O23S3/c1-47(2)73-83(124)94-62(34-69(109)110)76(117)89-37-66(105)90-60(32-53-35-87-57-13-8-6-11-55(53)57)78(119)97-74(48(3)4)85(126)103-19-10-15-65(103)82(123)86-18-28-127-42-50-29-51-31-52(30-50)44-129-46-64(80(121)93-61(79(120)96-73)33-54-36-88-58-14-9-7-12-56(54)58)95-77(118)59(16-17-68(107)108)92-84(125)75(49(5)104)98-81(122)63(45-128-43-51)91-67(106)38-99-20-22-100(39-70(111)112)24-26-102(41-72(115)116)27-25-101(23-21-99)40-71(113)114/h6-9,11-14,29-31,35-36,47-49,59-65,73-75,87-88,104H,10,15-28,32-34,37-46H2,1-5H3,(H,86,123)(H,89,117)(H,90,105)(H,91,106)(H,92,125)(H,93,121)(H,94,124)(H,95,118)(H,96,120)(H,97,119)(H,98,122)(H,107,108)(H,109,110)(H,111,112)(H,113,114)(H,115,116)/t49-,59+,60+,61+,62?,63+,64+,65+,73+,74+,75+/m1/s1. The third-order valence-corrected chi connectivity index (χ3v) is 25.5. The highest BCUT2D eigenvalue weighted by molar-refractivity contribution is 7.99. The van der Waals surface area contributed by atoms with E-state index < -0.39 is 231 Å². The van der Waals surface area contributed by atoms with E-state index >= 15 is 14.4 Å². The van der Waals surface area contributed by atoms with Crippen molar-refractivity contribution in [2.45, 2.75) is 163 Å². The van der Waals surface area contributed by atoms with E-state index in [-0.39, 0.29) is 108 Å². The van der Waals surface area contributed by atoms with Crippen molar-refractivity contribution >= 4 is 158 Å². The highest BCUT2D eigenvalue weighted by Crippen LogP contribution is 2.28. The summed E-state index contributed by atoms with van der Waals surface area (Å²) in [5.74, 6) is -18.9. The number of rotatable bonds is 21. The molecule has 4 bridgehead atoms. The molecule has 702 valence electrons. The Kier molecular flexibility index (Phi) is 38.8. The second kappa shape index (κ2) is 49.4. The van der Waals surface area contributed by atoms with E-state index in [9.17, 15) is 97.8 Å². The number of nitrogens with one attached hydrogen (secondary N) is 13. The van der Waals surface area contributed by atoms with E-state index in [1.54, 1.807) is 94.4 Å². The number of aromatic nitrogens is 2. The number of hydrogen-bond donors (Lipinski definition) is 19. The second-order valence-corrected chi connectivity index (χ2v) is 36.2. The molecule has 41 nitrogen and oxygen atoms in total. The number of H-pyrrole nitrogens is 2. The molecule has 4 aliphatic heterocycles. The average Bonchev–Trinajstić information content (AvgIpc) is 1.70. The maximum Gasteiger partial charge on any atom is 0.317 e. The lowest BCUT2D eigenvalue weighted by atomic mass is 9.99. The average molecular weight is 1850 g/mol. The number of carboxylic acids is 5. The minimum Gasteiger partial charge on any atom is -0.481 e. The van der Waals surface area contributed by atoms with Gasteiger partial charge in [0, 0.05) is 153 Å². The lowest BCUT2D eigenvalue weighted by Crippen LogP contribution is -2.62. The molecule has 5 aromatic rings. The maximum absolute atomic E-state index is 15.5. The third-order valence-electron chi connectivity index (χ3n) is 22.3. The first-order chi connectivity index (χ1) is 61.4. The number of aliphatic carboxylic acids is 5. The molecule has 1 unspecified atom stereocenters. The van der Waals surface area contributed by atoms with Crippen molar-refractivity contribution < 1.29 is 112 Å². The summed E-state index contributed by atoms with van der Waals surface area (Å²) in [4.78, 5) is 252. The Labute approximate surface area is 756 Å². The lowest BCUT2D eigenvalue weighted by Gasteiger charge is -2.33. The minimum absolute atomic E-state index is 0.0140. The van der Waals surface area contributed by atoms with Crippen LogP contribution in [0.4, 0.5) is 0 Å². The number of aliphatic hydroxyl groups is 1. The van der Waals surface area contributed by atoms with Crippen molar-refractivity contribution in [2.75, 3.05) is 115 Å². The number of benzene rings is 3. The summed E-state index contributed by atoms with van der Waals surface area (Å²) in [6.45, 7) is 5.63. The first kappa shape index (κ1) is 101. The van der Waals surface area contributed by atoms with Crippen LogP contribution in [0.1, 0.15) is 94.5 Å². The first-order valence-corrected chi connectivity index (χ1v) is 46.1. The van der Waals surface area contributed by atoms with Crippen LogP contribution in [0.2, 0.25) is 0 Å². The van der Waals surface area contributed by atoms with Crippen molar-refractivity contribution in [3.8, 4) is 0 Å². The van der Waals surface area contributed by atoms with Crippen molar-refractivity contribution in [1.82, 2.24) is 93.0 Å². The summed E-state index contributed by atoms with van der Waals surface area (Å²) in [5, 5.41) is 91.4. The van der Waals surface area contributed by atoms with Gasteiger partial charge >= 0.3 is 29.8 Å². The topological polar surface area (TPSA) is 592 Å². The van der Waals surface area contributed by atoms with Crippen LogP contribution in [0, 0.1) is 11.8 Å². The molecular weight excluding hydrogens is 1740 g/mol. The van der Waals surface area contributed by atoms with Crippen LogP contribution in [0.5, 0.6) is 0 Å². The molecule has 11 atom stereocenters. The zero-order chi connectivity index (χ0) is 93.7. The van der Waals surface area contributed by atoms with E-state index in [1.807, 2.05) is 18.2 Å². The van der Waals surface area contributed by atoms with E-state index in [0.29, 0.717) is 62.0 Å². The molecule has 3 aromatic carbocycles. The highest BCUT2D eigenvalue weighted by Gasteiger charge is 2.42. The SMILES string of the molecule is CC(C)[C@@H]1NC(=O)[C@H](Cc2c[nH]c3ccccc23)NC(=O)[C@@H]2CSCc3cc(cc(c3)CSC[C@H](NC(=O)CN3CCN(CC(=O)O)CCN(CC(=O)O)CCN(CC(=O)O)CC3)C(=O)N[C@@H]([C@@H](C)O)C(=O)N[C@@H](CCC(=O)O)C(=O)N2)CSCCNC(=O)[C@@H]2CCCN2C(=O)[C@H](C(C)C)NC(=O)[C@H](Cc2c[nH]c3ccccc23)NC(=O)CNC(=O)C(CC(=O)O)NC1=O. The van der Waals surface area contributed by atoms with Gasteiger partial charge in [-0.05, 0) is 78.0 Å². The number of fused-ring (bicyclic) bond motifs is 8. The van der Waals surface area contributed by atoms with Crippen LogP contribution < -0.4 is 58.5 Å². The highest BCUT2D eigenvalue weighted by atomic mass is 32.2. The fraction of sp³-hybridized carbons (Fsp3) is 0.541. The Morgan fingerprint density at radius 2 is 0.922 bits per heavy atom. The third kappa shape index (κ3) is 31.5. The normalized spacial score (nSPS) is 24.0. The molecular formula is C85H116N18O23S3. The Balaban J connectivity index is 1.07. The molecule has 2 saturated heterocycles. The largest absolute Gasteiger partial charge is 0.481 e. The van der Waals surface area contributed by atoms with Gasteiger partial charge in [0.1, 0.15) is 60.4 Å². The molecule has 9 rings (SSSR count). The summed E-state index contributed by atoms with van der Waals surface area (Å²) < 4.78 is 0. The number of amides is 12. The lowest BCUT2D eigenvalue weighted by molar-refractivity contribution is -0.142. The number of carbonyl (C=O) groups is 17. The van der Waals surface area contributed by atoms with E-state index in [0.717, 1.165) is 24.2 Å². The van der Waals surface area contributed by atoms with Gasteiger partial charge < -0.3 is 104 Å². The molecule has 6 heterocycles. The summed E-state index contributed by atoms with van der Waals surface area (Å²) in [6.07, 6.45) is -0.801. The summed E-state index contributed by atoms with van der Waals surface area (Å²) in [7, 11) is 0. The van der Waals surface area contributed by atoms with Crippen LogP contribution >= 0.6 is 35.3 Å². The predicted octanol–water partition coefficient (Wildman–Crippen LogP) is -2.04. The molecule has 0 radical (unpaired) electrons. The number of hydrogen-bond acceptors (Lipinski definition) is 25. The number of carboxylic acid groups (broad SMARTS) is 5. The van der Waals surface area contributed by atoms with Gasteiger partial charge in [0.25, 0.3) is 0 Å². The van der Waals surface area contributed by atoms with Crippen molar-refractivity contribution in [2.24, 2.45) is 11.8 Å². The molecule has 129 heavy (non-hydrogen) atoms. The van der Waals surface area contributed by atoms with Crippen molar-refractivity contribution in [3.05, 3.63) is 107 Å². The Morgan fingerprint density at radius 1 is 0.457 bits per heavy atom. The summed E-state index contributed by atoms with van der Waals surface area (Å²) in [6, 6.07) is 3.91. The molecule has 4 aliphatic rings. The van der Waals surface area contributed by atoms with E-state index in [4.69, 9.17) is 0 Å². The van der Waals surface area contributed by atoms with Crippen molar-refractivity contribution in [3.63, 3.8) is 0 Å². The number of thioether (sulfide) groups is 3. The van der Waals surface area contributed by atoms with Gasteiger partial charge in [-0.1, -0.05) is 82.3 Å². The summed E-state index contributed by atoms with van der Waals surface area (Å²) in [5.41, 5.74) is 4.41. The molecule has 2 aromatic heterocycles. The number of para-hydroxylation sites is 2. The second-order valence-electron chi connectivity index (χ2n) is 33.1. The number of aliphatic hydroxyl groups excluding tert-OH is 1. The molecule has 0 aliphatic carbocycles.